The van der Waals surface area contributed by atoms with E-state index in [9.17, 15) is 4.79 Å². The SMILES string of the molecule is CCOc1ccc2ccccc2c1C(=O)N[C@@H]1CCCC[C@@H]1C. The number of hydrogen-bond donors (Lipinski definition) is 1. The van der Waals surface area contributed by atoms with Gasteiger partial charge >= 0.3 is 0 Å². The highest BCUT2D eigenvalue weighted by Gasteiger charge is 2.25. The fourth-order valence-electron chi connectivity index (χ4n) is 3.53. The van der Waals surface area contributed by atoms with Crippen molar-refractivity contribution < 1.29 is 9.53 Å². The predicted molar refractivity (Wildman–Crippen MR) is 94.0 cm³/mol. The van der Waals surface area contributed by atoms with E-state index in [0.29, 0.717) is 23.8 Å². The molecule has 1 aliphatic carbocycles. The maximum Gasteiger partial charge on any atom is 0.255 e. The van der Waals surface area contributed by atoms with Gasteiger partial charge in [0, 0.05) is 6.04 Å². The maximum atomic E-state index is 13.0. The third kappa shape index (κ3) is 3.34. The lowest BCUT2D eigenvalue weighted by molar-refractivity contribution is 0.0908. The van der Waals surface area contributed by atoms with Gasteiger partial charge in [-0.1, -0.05) is 50.1 Å². The molecule has 3 rings (SSSR count). The molecule has 0 spiro atoms. The average Bonchev–Trinajstić information content (AvgIpc) is 2.57. The molecular weight excluding hydrogens is 286 g/mol. The molecule has 0 aliphatic heterocycles. The Kier molecular flexibility index (Phi) is 4.85. The number of benzene rings is 2. The van der Waals surface area contributed by atoms with Gasteiger partial charge in [0.05, 0.1) is 12.2 Å². The normalized spacial score (nSPS) is 21.1. The summed E-state index contributed by atoms with van der Waals surface area (Å²) in [7, 11) is 0. The molecule has 3 heteroatoms. The summed E-state index contributed by atoms with van der Waals surface area (Å²) in [5.41, 5.74) is 0.669. The monoisotopic (exact) mass is 311 g/mol. The van der Waals surface area contributed by atoms with Crippen LogP contribution in [0.2, 0.25) is 0 Å². The van der Waals surface area contributed by atoms with Crippen molar-refractivity contribution in [2.24, 2.45) is 5.92 Å². The number of hydrogen-bond acceptors (Lipinski definition) is 2. The summed E-state index contributed by atoms with van der Waals surface area (Å²) in [6.07, 6.45) is 4.73. The molecule has 122 valence electrons. The second-order valence-corrected chi connectivity index (χ2v) is 6.43. The highest BCUT2D eigenvalue weighted by atomic mass is 16.5. The molecule has 2 aromatic carbocycles. The first-order valence-corrected chi connectivity index (χ1v) is 8.66. The van der Waals surface area contributed by atoms with Crippen LogP contribution in [0.3, 0.4) is 0 Å². The van der Waals surface area contributed by atoms with Crippen molar-refractivity contribution in [2.75, 3.05) is 6.61 Å². The molecule has 2 atom stereocenters. The average molecular weight is 311 g/mol. The Hall–Kier alpha value is -2.03. The van der Waals surface area contributed by atoms with Crippen LogP contribution in [-0.2, 0) is 0 Å². The smallest absolute Gasteiger partial charge is 0.255 e. The fraction of sp³-hybridized carbons (Fsp3) is 0.450. The molecule has 0 saturated heterocycles. The first-order chi connectivity index (χ1) is 11.2. The minimum Gasteiger partial charge on any atom is -0.493 e. The Bertz CT molecular complexity index is 695. The van der Waals surface area contributed by atoms with Gasteiger partial charge in [-0.05, 0) is 42.5 Å². The van der Waals surface area contributed by atoms with Gasteiger partial charge in [0.1, 0.15) is 5.75 Å². The molecule has 0 unspecified atom stereocenters. The Morgan fingerprint density at radius 3 is 2.74 bits per heavy atom. The van der Waals surface area contributed by atoms with E-state index in [1.165, 1.54) is 19.3 Å². The van der Waals surface area contributed by atoms with Gasteiger partial charge in [-0.15, -0.1) is 0 Å². The Balaban J connectivity index is 1.95. The molecule has 1 N–H and O–H groups in total. The molecule has 23 heavy (non-hydrogen) atoms. The highest BCUT2D eigenvalue weighted by Crippen LogP contribution is 2.30. The minimum atomic E-state index is -0.0102. The van der Waals surface area contributed by atoms with Gasteiger partial charge in [0.2, 0.25) is 0 Å². The summed E-state index contributed by atoms with van der Waals surface area (Å²) in [6, 6.07) is 12.2. The van der Waals surface area contributed by atoms with E-state index in [0.717, 1.165) is 17.2 Å². The molecule has 0 radical (unpaired) electrons. The van der Waals surface area contributed by atoms with Gasteiger partial charge < -0.3 is 10.1 Å². The third-order valence-electron chi connectivity index (χ3n) is 4.85. The van der Waals surface area contributed by atoms with Crippen LogP contribution < -0.4 is 10.1 Å². The van der Waals surface area contributed by atoms with Gasteiger partial charge in [-0.25, -0.2) is 0 Å². The fourth-order valence-corrected chi connectivity index (χ4v) is 3.53. The van der Waals surface area contributed by atoms with Crippen molar-refractivity contribution in [3.63, 3.8) is 0 Å². The van der Waals surface area contributed by atoms with E-state index in [2.05, 4.69) is 12.2 Å². The van der Waals surface area contributed by atoms with Crippen molar-refractivity contribution in [3.8, 4) is 5.75 Å². The molecule has 1 amide bonds. The van der Waals surface area contributed by atoms with E-state index in [-0.39, 0.29) is 11.9 Å². The summed E-state index contributed by atoms with van der Waals surface area (Å²) in [5.74, 6) is 1.20. The third-order valence-corrected chi connectivity index (χ3v) is 4.85. The van der Waals surface area contributed by atoms with E-state index in [4.69, 9.17) is 4.74 Å². The number of amides is 1. The lowest BCUT2D eigenvalue weighted by atomic mass is 9.85. The quantitative estimate of drug-likeness (QED) is 0.899. The topological polar surface area (TPSA) is 38.3 Å². The highest BCUT2D eigenvalue weighted by molar-refractivity contribution is 6.09. The van der Waals surface area contributed by atoms with Crippen LogP contribution in [0.4, 0.5) is 0 Å². The predicted octanol–water partition coefficient (Wildman–Crippen LogP) is 4.55. The summed E-state index contributed by atoms with van der Waals surface area (Å²) < 4.78 is 5.72. The summed E-state index contributed by atoms with van der Waals surface area (Å²) in [5, 5.41) is 5.28. The van der Waals surface area contributed by atoms with Crippen LogP contribution in [0.5, 0.6) is 5.75 Å². The van der Waals surface area contributed by atoms with Crippen molar-refractivity contribution in [3.05, 3.63) is 42.0 Å². The summed E-state index contributed by atoms with van der Waals surface area (Å²) >= 11 is 0. The van der Waals surface area contributed by atoms with E-state index in [1.54, 1.807) is 0 Å². The molecule has 2 aromatic rings. The second-order valence-electron chi connectivity index (χ2n) is 6.43. The maximum absolute atomic E-state index is 13.0. The molecule has 0 bridgehead atoms. The van der Waals surface area contributed by atoms with Gasteiger partial charge in [-0.3, -0.25) is 4.79 Å². The standard InChI is InChI=1S/C20H25NO2/c1-3-23-18-13-12-15-9-5-6-10-16(15)19(18)20(22)21-17-11-7-4-8-14(17)2/h5-6,9-10,12-14,17H,3-4,7-8,11H2,1-2H3,(H,21,22)/t14-,17+/m0/s1. The zero-order valence-electron chi connectivity index (χ0n) is 14.0. The van der Waals surface area contributed by atoms with Gasteiger partial charge in [0.25, 0.3) is 5.91 Å². The first kappa shape index (κ1) is 15.9. The van der Waals surface area contributed by atoms with E-state index in [1.807, 2.05) is 43.3 Å². The van der Waals surface area contributed by atoms with Crippen LogP contribution in [-0.4, -0.2) is 18.6 Å². The van der Waals surface area contributed by atoms with Crippen molar-refractivity contribution in [2.45, 2.75) is 45.6 Å². The number of fused-ring (bicyclic) bond motifs is 1. The zero-order valence-corrected chi connectivity index (χ0v) is 14.0. The zero-order chi connectivity index (χ0) is 16.2. The number of rotatable bonds is 4. The lowest BCUT2D eigenvalue weighted by Gasteiger charge is -2.29. The second kappa shape index (κ2) is 7.03. The minimum absolute atomic E-state index is 0.0102. The van der Waals surface area contributed by atoms with Crippen LogP contribution in [0.25, 0.3) is 10.8 Å². The molecule has 0 aromatic heterocycles. The van der Waals surface area contributed by atoms with Crippen LogP contribution in [0.15, 0.2) is 36.4 Å². The van der Waals surface area contributed by atoms with E-state index < -0.39 is 0 Å². The molecular formula is C20H25NO2. The van der Waals surface area contributed by atoms with Gasteiger partial charge in [-0.2, -0.15) is 0 Å². The Morgan fingerprint density at radius 1 is 1.17 bits per heavy atom. The Labute approximate surface area is 138 Å². The molecule has 1 fully saturated rings. The largest absolute Gasteiger partial charge is 0.493 e. The number of nitrogens with one attached hydrogen (secondary N) is 1. The number of carbonyl (C=O) groups is 1. The van der Waals surface area contributed by atoms with Crippen LogP contribution in [0.1, 0.15) is 49.9 Å². The van der Waals surface area contributed by atoms with Crippen molar-refractivity contribution in [1.82, 2.24) is 5.32 Å². The summed E-state index contributed by atoms with van der Waals surface area (Å²) in [4.78, 5) is 13.0. The number of ether oxygens (including phenoxy) is 1. The van der Waals surface area contributed by atoms with E-state index >= 15 is 0 Å². The Morgan fingerprint density at radius 2 is 1.96 bits per heavy atom. The van der Waals surface area contributed by atoms with Crippen LogP contribution >= 0.6 is 0 Å². The molecule has 0 heterocycles. The first-order valence-electron chi connectivity index (χ1n) is 8.66. The van der Waals surface area contributed by atoms with Gasteiger partial charge in [0.15, 0.2) is 0 Å². The molecule has 1 saturated carbocycles. The molecule has 3 nitrogen and oxygen atoms in total. The molecule has 1 aliphatic rings. The lowest BCUT2D eigenvalue weighted by Crippen LogP contribution is -2.41. The van der Waals surface area contributed by atoms with Crippen LogP contribution in [0, 0.1) is 5.92 Å². The number of carbonyl (C=O) groups excluding carboxylic acids is 1. The van der Waals surface area contributed by atoms with Crippen molar-refractivity contribution >= 4 is 16.7 Å². The van der Waals surface area contributed by atoms with Crippen molar-refractivity contribution in [1.29, 1.82) is 0 Å². The summed E-state index contributed by atoms with van der Waals surface area (Å²) in [6.45, 7) is 4.73.